The summed E-state index contributed by atoms with van der Waals surface area (Å²) in [5.41, 5.74) is 1.05. The second-order valence-electron chi connectivity index (χ2n) is 5.51. The van der Waals surface area contributed by atoms with Crippen molar-refractivity contribution in [3.05, 3.63) is 74.6 Å². The molecule has 0 unspecified atom stereocenters. The molecule has 0 atom stereocenters. The predicted molar refractivity (Wildman–Crippen MR) is 95.1 cm³/mol. The van der Waals surface area contributed by atoms with Gasteiger partial charge in [0.15, 0.2) is 0 Å². The molecule has 7 heteroatoms. The van der Waals surface area contributed by atoms with Crippen LogP contribution in [0.1, 0.15) is 18.1 Å². The number of nitrogens with one attached hydrogen (secondary N) is 2. The minimum Gasteiger partial charge on any atom is -0.383 e. The monoisotopic (exact) mass is 343 g/mol. The summed E-state index contributed by atoms with van der Waals surface area (Å²) in [4.78, 5) is 37.8. The van der Waals surface area contributed by atoms with Crippen LogP contribution >= 0.6 is 0 Å². The number of methoxy groups -OCH3 is 1. The van der Waals surface area contributed by atoms with Crippen molar-refractivity contribution >= 4 is 11.5 Å². The molecule has 2 rings (SSSR count). The van der Waals surface area contributed by atoms with Gasteiger partial charge in [-0.15, -0.1) is 0 Å². The minimum absolute atomic E-state index is 0.0278. The molecule has 7 nitrogen and oxygen atoms in total. The van der Waals surface area contributed by atoms with Gasteiger partial charge in [-0.2, -0.15) is 0 Å². The number of nitrogens with zero attached hydrogens (tertiary/aromatic N) is 1. The van der Waals surface area contributed by atoms with Crippen molar-refractivity contribution in [1.29, 1.82) is 0 Å². The lowest BCUT2D eigenvalue weighted by atomic mass is 10.1. The number of hydrogen-bond acceptors (Lipinski definition) is 4. The van der Waals surface area contributed by atoms with Gasteiger partial charge >= 0.3 is 5.69 Å². The van der Waals surface area contributed by atoms with Crippen LogP contribution in [0.3, 0.4) is 0 Å². The van der Waals surface area contributed by atoms with Crippen molar-refractivity contribution in [2.24, 2.45) is 0 Å². The first kappa shape index (κ1) is 18.4. The molecule has 25 heavy (non-hydrogen) atoms. The van der Waals surface area contributed by atoms with E-state index in [-0.39, 0.29) is 12.5 Å². The fourth-order valence-corrected chi connectivity index (χ4v) is 2.25. The van der Waals surface area contributed by atoms with Gasteiger partial charge in [-0.3, -0.25) is 19.1 Å². The number of rotatable bonds is 7. The van der Waals surface area contributed by atoms with E-state index in [4.69, 9.17) is 4.74 Å². The van der Waals surface area contributed by atoms with Crippen LogP contribution in [0.4, 0.5) is 0 Å². The molecule has 0 fully saturated rings. The molecule has 0 aliphatic rings. The van der Waals surface area contributed by atoms with Crippen LogP contribution in [0.15, 0.2) is 52.2 Å². The summed E-state index contributed by atoms with van der Waals surface area (Å²) in [6, 6.07) is 9.52. The van der Waals surface area contributed by atoms with Gasteiger partial charge in [0.2, 0.25) is 5.91 Å². The Morgan fingerprint density at radius 3 is 2.68 bits per heavy atom. The first-order valence-electron chi connectivity index (χ1n) is 7.84. The van der Waals surface area contributed by atoms with E-state index in [1.54, 1.807) is 0 Å². The van der Waals surface area contributed by atoms with Crippen molar-refractivity contribution in [3.8, 4) is 0 Å². The number of ether oxygens (including phenoxy) is 1. The zero-order chi connectivity index (χ0) is 18.2. The maximum Gasteiger partial charge on any atom is 0.328 e. The zero-order valence-corrected chi connectivity index (χ0v) is 14.2. The number of hydrogen-bond donors (Lipinski definition) is 2. The molecular weight excluding hydrogens is 322 g/mol. The number of allylic oxidation sites excluding steroid dienone is 1. The molecular formula is C18H21N3O4. The summed E-state index contributed by atoms with van der Waals surface area (Å²) < 4.78 is 6.27. The average Bonchev–Trinajstić information content (AvgIpc) is 2.61. The van der Waals surface area contributed by atoms with Gasteiger partial charge in [0.25, 0.3) is 5.56 Å². The van der Waals surface area contributed by atoms with Gasteiger partial charge in [0, 0.05) is 25.9 Å². The number of aromatic amines is 1. The Balaban J connectivity index is 2.06. The van der Waals surface area contributed by atoms with Crippen molar-refractivity contribution in [2.75, 3.05) is 13.7 Å². The number of carbonyl (C=O) groups is 1. The molecule has 2 N–H and O–H groups in total. The van der Waals surface area contributed by atoms with E-state index in [1.807, 2.05) is 37.3 Å². The lowest BCUT2D eigenvalue weighted by Gasteiger charge is -2.08. The van der Waals surface area contributed by atoms with E-state index < -0.39 is 11.2 Å². The Hall–Kier alpha value is -2.93. The standard InChI is InChI=1S/C18H21N3O4/c1-13(14-6-4-3-5-7-14)10-16(22)19-11-15-12-21(8-9-25-2)18(24)20-17(15)23/h3-7,10,12H,8-9,11H2,1-2H3,(H,19,22)(H,20,23,24)/b13-10+. The highest BCUT2D eigenvalue weighted by atomic mass is 16.5. The third kappa shape index (κ3) is 5.29. The largest absolute Gasteiger partial charge is 0.383 e. The Morgan fingerprint density at radius 2 is 2.00 bits per heavy atom. The highest BCUT2D eigenvalue weighted by molar-refractivity contribution is 5.94. The minimum atomic E-state index is -0.511. The van der Waals surface area contributed by atoms with Crippen molar-refractivity contribution in [2.45, 2.75) is 20.0 Å². The third-order valence-corrected chi connectivity index (χ3v) is 3.65. The molecule has 0 saturated heterocycles. The van der Waals surface area contributed by atoms with Crippen LogP contribution in [-0.4, -0.2) is 29.2 Å². The molecule has 1 aromatic carbocycles. The molecule has 2 aromatic rings. The Bertz CT molecular complexity index is 866. The first-order valence-corrected chi connectivity index (χ1v) is 7.84. The molecule has 0 spiro atoms. The molecule has 0 aliphatic heterocycles. The van der Waals surface area contributed by atoms with Crippen molar-refractivity contribution in [3.63, 3.8) is 0 Å². The SMILES string of the molecule is COCCn1cc(CNC(=O)/C=C(\C)c2ccccc2)c(=O)[nH]c1=O. The topological polar surface area (TPSA) is 93.2 Å². The number of aromatic nitrogens is 2. The molecule has 1 amide bonds. The molecule has 1 heterocycles. The quantitative estimate of drug-likeness (QED) is 0.731. The zero-order valence-electron chi connectivity index (χ0n) is 14.2. The van der Waals surface area contributed by atoms with Crippen LogP contribution in [0, 0.1) is 0 Å². The van der Waals surface area contributed by atoms with Gasteiger partial charge < -0.3 is 10.1 Å². The second-order valence-corrected chi connectivity index (χ2v) is 5.51. The van der Waals surface area contributed by atoms with E-state index >= 15 is 0 Å². The summed E-state index contributed by atoms with van der Waals surface area (Å²) >= 11 is 0. The number of amides is 1. The Morgan fingerprint density at radius 1 is 1.28 bits per heavy atom. The molecule has 0 aliphatic carbocycles. The molecule has 1 aromatic heterocycles. The number of carbonyl (C=O) groups excluding carboxylic acids is 1. The van der Waals surface area contributed by atoms with Gasteiger partial charge in [0.05, 0.1) is 18.7 Å². The first-order chi connectivity index (χ1) is 12.0. The Labute approximate surface area is 145 Å². The second kappa shape index (κ2) is 8.79. The van der Waals surface area contributed by atoms with E-state index in [0.717, 1.165) is 11.1 Å². The molecule has 0 saturated carbocycles. The van der Waals surface area contributed by atoms with Crippen molar-refractivity contribution < 1.29 is 9.53 Å². The van der Waals surface area contributed by atoms with Gasteiger partial charge in [0.1, 0.15) is 0 Å². The fraction of sp³-hybridized carbons (Fsp3) is 0.278. The summed E-state index contributed by atoms with van der Waals surface area (Å²) in [5.74, 6) is -0.310. The van der Waals surface area contributed by atoms with Gasteiger partial charge in [-0.1, -0.05) is 30.3 Å². The van der Waals surface area contributed by atoms with E-state index in [9.17, 15) is 14.4 Å². The lowest BCUT2D eigenvalue weighted by molar-refractivity contribution is -0.116. The summed E-state index contributed by atoms with van der Waals surface area (Å²) in [5, 5.41) is 2.66. The van der Waals surface area contributed by atoms with Crippen LogP contribution in [0.2, 0.25) is 0 Å². The highest BCUT2D eigenvalue weighted by Crippen LogP contribution is 2.12. The summed E-state index contributed by atoms with van der Waals surface area (Å²) in [6.45, 7) is 2.53. The highest BCUT2D eigenvalue weighted by Gasteiger charge is 2.07. The fourth-order valence-electron chi connectivity index (χ4n) is 2.25. The number of H-pyrrole nitrogens is 1. The summed E-state index contributed by atoms with van der Waals surface area (Å²) in [6.07, 6.45) is 2.92. The van der Waals surface area contributed by atoms with E-state index in [1.165, 1.54) is 23.9 Å². The van der Waals surface area contributed by atoms with Crippen molar-refractivity contribution in [1.82, 2.24) is 14.9 Å². The Kier molecular flexibility index (Phi) is 6.47. The van der Waals surface area contributed by atoms with Crippen LogP contribution < -0.4 is 16.6 Å². The van der Waals surface area contributed by atoms with Gasteiger partial charge in [-0.05, 0) is 18.1 Å². The third-order valence-electron chi connectivity index (χ3n) is 3.65. The molecule has 132 valence electrons. The normalized spacial score (nSPS) is 11.4. The molecule has 0 bridgehead atoms. The van der Waals surface area contributed by atoms with E-state index in [0.29, 0.717) is 18.7 Å². The number of benzene rings is 1. The van der Waals surface area contributed by atoms with Crippen LogP contribution in [-0.2, 0) is 22.6 Å². The van der Waals surface area contributed by atoms with Gasteiger partial charge in [-0.25, -0.2) is 4.79 Å². The predicted octanol–water partition coefficient (Wildman–Crippen LogP) is 0.903. The maximum atomic E-state index is 12.0. The average molecular weight is 343 g/mol. The maximum absolute atomic E-state index is 12.0. The lowest BCUT2D eigenvalue weighted by Crippen LogP contribution is -2.35. The summed E-state index contributed by atoms with van der Waals surface area (Å²) in [7, 11) is 1.53. The smallest absolute Gasteiger partial charge is 0.328 e. The van der Waals surface area contributed by atoms with E-state index in [2.05, 4.69) is 10.3 Å². The molecule has 0 radical (unpaired) electrons. The van der Waals surface area contributed by atoms with Crippen LogP contribution in [0.5, 0.6) is 0 Å². The van der Waals surface area contributed by atoms with Crippen LogP contribution in [0.25, 0.3) is 5.57 Å².